The van der Waals surface area contributed by atoms with E-state index in [1.807, 2.05) is 6.92 Å². The third-order valence-electron chi connectivity index (χ3n) is 4.44. The highest BCUT2D eigenvalue weighted by Crippen LogP contribution is 2.25. The minimum absolute atomic E-state index is 0.0156. The largest absolute Gasteiger partial charge is 0.448 e. The number of halogens is 3. The maximum absolute atomic E-state index is 12.9. The lowest BCUT2D eigenvalue weighted by Crippen LogP contribution is -2.24. The Labute approximate surface area is 179 Å². The van der Waals surface area contributed by atoms with Gasteiger partial charge in [0, 0.05) is 22.6 Å². The molecule has 9 heteroatoms. The Morgan fingerprint density at radius 1 is 1.10 bits per heavy atom. The smallest absolute Gasteiger partial charge is 0.387 e. The molecule has 1 unspecified atom stereocenters. The van der Waals surface area contributed by atoms with Gasteiger partial charge >= 0.3 is 12.6 Å². The monoisotopic (exact) mass is 481 g/mol. The van der Waals surface area contributed by atoms with Crippen LogP contribution in [0.25, 0.3) is 5.69 Å². The van der Waals surface area contributed by atoms with Crippen molar-refractivity contribution in [2.24, 2.45) is 0 Å². The Morgan fingerprint density at radius 2 is 1.77 bits per heavy atom. The van der Waals surface area contributed by atoms with Crippen LogP contribution in [0.3, 0.4) is 0 Å². The number of rotatable bonds is 7. The number of aromatic nitrogens is 1. The number of alkyl halides is 2. The first-order valence-electron chi connectivity index (χ1n) is 8.92. The van der Waals surface area contributed by atoms with Gasteiger partial charge in [-0.1, -0.05) is 0 Å². The minimum Gasteiger partial charge on any atom is -0.448 e. The van der Waals surface area contributed by atoms with Gasteiger partial charge in [-0.25, -0.2) is 4.79 Å². The quantitative estimate of drug-likeness (QED) is 0.330. The lowest BCUT2D eigenvalue weighted by molar-refractivity contribution is -0.0498. The van der Waals surface area contributed by atoms with Crippen LogP contribution >= 0.6 is 15.9 Å². The number of carbonyl (C=O) groups is 2. The minimum atomic E-state index is -2.90. The number of Topliss-reactive ketones (excluding diaryl/α,β-unsaturated/α-hetero) is 1. The molecule has 0 aliphatic heterocycles. The molecule has 6 nitrogen and oxygen atoms in total. The molecule has 1 atom stereocenters. The predicted molar refractivity (Wildman–Crippen MR) is 107 cm³/mol. The third-order valence-corrected chi connectivity index (χ3v) is 4.87. The van der Waals surface area contributed by atoms with E-state index in [4.69, 9.17) is 9.15 Å². The zero-order chi connectivity index (χ0) is 22.0. The number of nitrogens with zero attached hydrogens (tertiary/aromatic N) is 1. The summed E-state index contributed by atoms with van der Waals surface area (Å²) in [6, 6.07) is 10.8. The topological polar surface area (TPSA) is 70.7 Å². The molecule has 3 aromatic rings. The van der Waals surface area contributed by atoms with Crippen LogP contribution in [0, 0.1) is 13.8 Å². The van der Waals surface area contributed by atoms with Gasteiger partial charge in [-0.3, -0.25) is 4.79 Å². The van der Waals surface area contributed by atoms with Crippen molar-refractivity contribution in [2.75, 3.05) is 0 Å². The molecule has 158 valence electrons. The Bertz CT molecular complexity index is 1070. The van der Waals surface area contributed by atoms with E-state index in [2.05, 4.69) is 20.7 Å². The van der Waals surface area contributed by atoms with E-state index in [0.29, 0.717) is 21.6 Å². The number of carbonyl (C=O) groups excluding carboxylic acids is 2. The second kappa shape index (κ2) is 8.83. The van der Waals surface area contributed by atoms with Gasteiger partial charge < -0.3 is 18.5 Å². The Morgan fingerprint density at radius 3 is 2.33 bits per heavy atom. The molecule has 0 spiro atoms. The summed E-state index contributed by atoms with van der Waals surface area (Å²) < 4.78 is 41.6. The summed E-state index contributed by atoms with van der Waals surface area (Å²) >= 11 is 3.10. The van der Waals surface area contributed by atoms with Gasteiger partial charge in [0.05, 0.1) is 0 Å². The first kappa shape index (κ1) is 21.8. The number of hydrogen-bond donors (Lipinski definition) is 0. The molecule has 0 aliphatic carbocycles. The summed E-state index contributed by atoms with van der Waals surface area (Å²) in [6.45, 7) is 2.15. The van der Waals surface area contributed by atoms with E-state index in [1.54, 1.807) is 35.8 Å². The highest BCUT2D eigenvalue weighted by atomic mass is 79.9. The summed E-state index contributed by atoms with van der Waals surface area (Å²) in [5.41, 5.74) is 2.45. The summed E-state index contributed by atoms with van der Waals surface area (Å²) in [5.74, 6) is -1.09. The first-order chi connectivity index (χ1) is 14.2. The predicted octanol–water partition coefficient (Wildman–Crippen LogP) is 5.48. The fraction of sp³-hybridized carbons (Fsp3) is 0.238. The molecule has 0 saturated heterocycles. The first-order valence-corrected chi connectivity index (χ1v) is 9.71. The molecule has 3 rings (SSSR count). The number of aryl methyl sites for hydroxylation is 1. The summed E-state index contributed by atoms with van der Waals surface area (Å²) in [7, 11) is 0. The third kappa shape index (κ3) is 4.62. The van der Waals surface area contributed by atoms with E-state index < -0.39 is 18.7 Å². The van der Waals surface area contributed by atoms with Gasteiger partial charge in [0.15, 0.2) is 10.8 Å². The lowest BCUT2D eigenvalue weighted by atomic mass is 10.1. The van der Waals surface area contributed by atoms with E-state index >= 15 is 0 Å². The van der Waals surface area contributed by atoms with Gasteiger partial charge in [-0.2, -0.15) is 8.78 Å². The number of ketones is 1. The molecule has 0 radical (unpaired) electrons. The van der Waals surface area contributed by atoms with Gasteiger partial charge in [0.25, 0.3) is 0 Å². The second-order valence-corrected chi connectivity index (χ2v) is 7.29. The zero-order valence-corrected chi connectivity index (χ0v) is 17.9. The van der Waals surface area contributed by atoms with E-state index in [-0.39, 0.29) is 17.3 Å². The van der Waals surface area contributed by atoms with Crippen molar-refractivity contribution in [3.63, 3.8) is 0 Å². The standard InChI is InChI=1S/C21H18BrF2NO5/c1-11-10-16(19(26)13(3)28-20(27)17-8-9-18(22)30-17)12(2)25(11)14-4-6-15(7-5-14)29-21(23)24/h4-10,13,21H,1-3H3. The van der Waals surface area contributed by atoms with Crippen LogP contribution in [-0.4, -0.2) is 29.0 Å². The van der Waals surface area contributed by atoms with Crippen LogP contribution in [0.2, 0.25) is 0 Å². The van der Waals surface area contributed by atoms with Crippen LogP contribution in [0.5, 0.6) is 5.75 Å². The van der Waals surface area contributed by atoms with Gasteiger partial charge in [-0.15, -0.1) is 0 Å². The Hall–Kier alpha value is -2.94. The maximum atomic E-state index is 12.9. The SMILES string of the molecule is Cc1cc(C(=O)C(C)OC(=O)c2ccc(Br)o2)c(C)n1-c1ccc(OC(F)F)cc1. The van der Waals surface area contributed by atoms with Gasteiger partial charge in [-0.05, 0) is 79.2 Å². The molecule has 30 heavy (non-hydrogen) atoms. The van der Waals surface area contributed by atoms with Gasteiger partial charge in [0.2, 0.25) is 11.5 Å². The summed E-state index contributed by atoms with van der Waals surface area (Å²) in [4.78, 5) is 25.0. The Balaban J connectivity index is 1.80. The van der Waals surface area contributed by atoms with E-state index in [0.717, 1.165) is 5.69 Å². The molecular formula is C21H18BrF2NO5. The zero-order valence-electron chi connectivity index (χ0n) is 16.3. The van der Waals surface area contributed by atoms with Crippen molar-refractivity contribution >= 4 is 27.7 Å². The maximum Gasteiger partial charge on any atom is 0.387 e. The molecular weight excluding hydrogens is 464 g/mol. The highest BCUT2D eigenvalue weighted by Gasteiger charge is 2.26. The fourth-order valence-corrected chi connectivity index (χ4v) is 3.41. The number of esters is 1. The van der Waals surface area contributed by atoms with E-state index in [9.17, 15) is 18.4 Å². The number of ether oxygens (including phenoxy) is 2. The summed E-state index contributed by atoms with van der Waals surface area (Å²) in [6.07, 6.45) is -1.03. The molecule has 0 saturated carbocycles. The molecule has 0 fully saturated rings. The number of furan rings is 1. The molecule has 2 aromatic heterocycles. The fourth-order valence-electron chi connectivity index (χ4n) is 3.10. The molecule has 2 heterocycles. The summed E-state index contributed by atoms with van der Waals surface area (Å²) in [5, 5.41) is 0. The average Bonchev–Trinajstić information content (AvgIpc) is 3.24. The molecule has 0 aliphatic rings. The van der Waals surface area contributed by atoms with Crippen LogP contribution < -0.4 is 4.74 Å². The number of hydrogen-bond acceptors (Lipinski definition) is 5. The number of benzene rings is 1. The van der Waals surface area contributed by atoms with Crippen LogP contribution in [0.4, 0.5) is 8.78 Å². The van der Waals surface area contributed by atoms with Crippen molar-refractivity contribution in [1.82, 2.24) is 4.57 Å². The Kier molecular flexibility index (Phi) is 6.40. The average molecular weight is 482 g/mol. The van der Waals surface area contributed by atoms with Crippen molar-refractivity contribution in [2.45, 2.75) is 33.5 Å². The van der Waals surface area contributed by atoms with Crippen LogP contribution in [0.15, 0.2) is 51.6 Å². The molecule has 0 bridgehead atoms. The molecule has 0 amide bonds. The molecule has 1 aromatic carbocycles. The van der Waals surface area contributed by atoms with Crippen molar-refractivity contribution in [3.8, 4) is 11.4 Å². The lowest BCUT2D eigenvalue weighted by Gasteiger charge is -2.13. The van der Waals surface area contributed by atoms with Crippen molar-refractivity contribution in [3.05, 3.63) is 69.8 Å². The molecule has 0 N–H and O–H groups in total. The van der Waals surface area contributed by atoms with E-state index in [1.165, 1.54) is 25.1 Å². The highest BCUT2D eigenvalue weighted by molar-refractivity contribution is 9.10. The van der Waals surface area contributed by atoms with Crippen molar-refractivity contribution < 1.29 is 32.3 Å². The second-order valence-electron chi connectivity index (χ2n) is 6.51. The van der Waals surface area contributed by atoms with Crippen LogP contribution in [0.1, 0.15) is 39.2 Å². The van der Waals surface area contributed by atoms with Crippen molar-refractivity contribution in [1.29, 1.82) is 0 Å². The normalized spacial score (nSPS) is 12.1. The van der Waals surface area contributed by atoms with Crippen LogP contribution in [-0.2, 0) is 4.74 Å². The van der Waals surface area contributed by atoms with Gasteiger partial charge in [0.1, 0.15) is 5.75 Å².